The monoisotopic (exact) mass is 264 g/mol. The lowest BCUT2D eigenvalue weighted by Crippen LogP contribution is -2.43. The lowest BCUT2D eigenvalue weighted by Gasteiger charge is -2.45. The Morgan fingerprint density at radius 2 is 2.33 bits per heavy atom. The quantitative estimate of drug-likeness (QED) is 0.874. The molecule has 1 atom stereocenters. The van der Waals surface area contributed by atoms with Crippen LogP contribution in [0.25, 0.3) is 0 Å². The van der Waals surface area contributed by atoms with E-state index >= 15 is 0 Å². The van der Waals surface area contributed by atoms with E-state index in [0.29, 0.717) is 11.5 Å². The Kier molecular flexibility index (Phi) is 3.71. The summed E-state index contributed by atoms with van der Waals surface area (Å²) in [5.74, 6) is 1.35. The summed E-state index contributed by atoms with van der Waals surface area (Å²) in [5.41, 5.74) is 2.06. The number of aromatic nitrogens is 1. The van der Waals surface area contributed by atoms with Crippen molar-refractivity contribution in [1.82, 2.24) is 9.88 Å². The molecule has 0 aromatic carbocycles. The summed E-state index contributed by atoms with van der Waals surface area (Å²) in [4.78, 5) is 6.15. The van der Waals surface area contributed by atoms with E-state index in [4.69, 9.17) is 0 Å². The van der Waals surface area contributed by atoms with Gasteiger partial charge in [-0.25, -0.2) is 0 Å². The van der Waals surface area contributed by atoms with E-state index in [9.17, 15) is 0 Å². The van der Waals surface area contributed by atoms with Gasteiger partial charge in [0.15, 0.2) is 0 Å². The largest absolute Gasteiger partial charge is 0.364 e. The third kappa shape index (κ3) is 2.35. The lowest BCUT2D eigenvalue weighted by molar-refractivity contribution is 0.0820. The van der Waals surface area contributed by atoms with Gasteiger partial charge in [0.25, 0.3) is 0 Å². The van der Waals surface area contributed by atoms with Gasteiger partial charge >= 0.3 is 0 Å². The van der Waals surface area contributed by atoms with Crippen LogP contribution < -0.4 is 0 Å². The molecule has 100 valence electrons. The SMILES string of the molecule is CSCC1(CN2CCC[C@@H]2c2ccc[nH]2)CCC1. The van der Waals surface area contributed by atoms with Crippen LogP contribution in [0.5, 0.6) is 0 Å². The zero-order valence-corrected chi connectivity index (χ0v) is 12.1. The molecule has 1 N–H and O–H groups in total. The van der Waals surface area contributed by atoms with Gasteiger partial charge in [0.1, 0.15) is 0 Å². The number of rotatable bonds is 5. The van der Waals surface area contributed by atoms with Crippen molar-refractivity contribution in [2.75, 3.05) is 25.1 Å². The minimum atomic E-state index is 0.634. The van der Waals surface area contributed by atoms with Crippen LogP contribution in [-0.4, -0.2) is 35.0 Å². The predicted octanol–water partition coefficient (Wildman–Crippen LogP) is 3.68. The first-order chi connectivity index (χ1) is 8.83. The molecule has 1 saturated heterocycles. The molecule has 1 aromatic heterocycles. The molecule has 2 heterocycles. The molecule has 3 rings (SSSR count). The molecule has 0 unspecified atom stereocenters. The smallest absolute Gasteiger partial charge is 0.0499 e. The second-order valence-electron chi connectivity index (χ2n) is 6.04. The molecule has 0 amide bonds. The molecule has 3 heteroatoms. The number of likely N-dealkylation sites (tertiary alicyclic amines) is 1. The van der Waals surface area contributed by atoms with E-state index in [0.717, 1.165) is 0 Å². The lowest BCUT2D eigenvalue weighted by atomic mass is 9.70. The standard InChI is InChI=1S/C15H24N2S/c1-18-12-15(7-4-8-15)11-17-10-3-6-14(17)13-5-2-9-16-13/h2,5,9,14,16H,3-4,6-8,10-12H2,1H3/t14-/m1/s1. The second kappa shape index (κ2) is 5.30. The van der Waals surface area contributed by atoms with Crippen molar-refractivity contribution in [3.05, 3.63) is 24.0 Å². The molecule has 1 aliphatic carbocycles. The van der Waals surface area contributed by atoms with Crippen LogP contribution in [0.2, 0.25) is 0 Å². The van der Waals surface area contributed by atoms with Crippen LogP contribution in [-0.2, 0) is 0 Å². The molecule has 0 radical (unpaired) electrons. The van der Waals surface area contributed by atoms with Crippen LogP contribution >= 0.6 is 11.8 Å². The van der Waals surface area contributed by atoms with Crippen LogP contribution in [0.15, 0.2) is 18.3 Å². The fraction of sp³-hybridized carbons (Fsp3) is 0.733. The van der Waals surface area contributed by atoms with E-state index in [1.165, 1.54) is 56.6 Å². The average Bonchev–Trinajstić information content (AvgIpc) is 2.95. The second-order valence-corrected chi connectivity index (χ2v) is 6.91. The highest BCUT2D eigenvalue weighted by Crippen LogP contribution is 2.46. The Morgan fingerprint density at radius 1 is 1.44 bits per heavy atom. The molecule has 2 nitrogen and oxygen atoms in total. The maximum atomic E-state index is 3.42. The van der Waals surface area contributed by atoms with Gasteiger partial charge in [-0.15, -0.1) is 0 Å². The predicted molar refractivity (Wildman–Crippen MR) is 79.0 cm³/mol. The van der Waals surface area contributed by atoms with Gasteiger partial charge in [-0.1, -0.05) is 6.42 Å². The van der Waals surface area contributed by atoms with Crippen molar-refractivity contribution >= 4 is 11.8 Å². The molecule has 1 aromatic rings. The van der Waals surface area contributed by atoms with Crippen molar-refractivity contribution in [3.8, 4) is 0 Å². The number of hydrogen-bond donors (Lipinski definition) is 1. The average molecular weight is 264 g/mol. The summed E-state index contributed by atoms with van der Waals surface area (Å²) in [6.07, 6.45) is 11.3. The van der Waals surface area contributed by atoms with Gasteiger partial charge in [-0.05, 0) is 61.8 Å². The molecule has 0 bridgehead atoms. The van der Waals surface area contributed by atoms with Gasteiger partial charge in [0.05, 0.1) is 0 Å². The molecule has 2 aliphatic rings. The minimum absolute atomic E-state index is 0.634. The Morgan fingerprint density at radius 3 is 2.94 bits per heavy atom. The summed E-state index contributed by atoms with van der Waals surface area (Å²) in [6, 6.07) is 5.04. The minimum Gasteiger partial charge on any atom is -0.364 e. The maximum Gasteiger partial charge on any atom is 0.0499 e. The molecule has 1 saturated carbocycles. The number of thioether (sulfide) groups is 1. The number of hydrogen-bond acceptors (Lipinski definition) is 2. The Balaban J connectivity index is 1.68. The van der Waals surface area contributed by atoms with Gasteiger partial charge in [0.2, 0.25) is 0 Å². The first kappa shape index (κ1) is 12.6. The number of nitrogens with zero attached hydrogens (tertiary/aromatic N) is 1. The van der Waals surface area contributed by atoms with Crippen molar-refractivity contribution in [1.29, 1.82) is 0 Å². The molecular weight excluding hydrogens is 240 g/mol. The van der Waals surface area contributed by atoms with Gasteiger partial charge in [-0.3, -0.25) is 4.90 Å². The number of aromatic amines is 1. The topological polar surface area (TPSA) is 19.0 Å². The zero-order valence-electron chi connectivity index (χ0n) is 11.3. The van der Waals surface area contributed by atoms with Crippen molar-refractivity contribution < 1.29 is 0 Å². The van der Waals surface area contributed by atoms with Crippen molar-refractivity contribution in [2.45, 2.75) is 38.1 Å². The fourth-order valence-electron chi connectivity index (χ4n) is 3.68. The summed E-state index contributed by atoms with van der Waals surface area (Å²) in [7, 11) is 0. The van der Waals surface area contributed by atoms with Gasteiger partial charge < -0.3 is 4.98 Å². The van der Waals surface area contributed by atoms with E-state index in [-0.39, 0.29) is 0 Å². The van der Waals surface area contributed by atoms with Gasteiger partial charge in [0, 0.05) is 24.5 Å². The van der Waals surface area contributed by atoms with Crippen molar-refractivity contribution in [2.24, 2.45) is 5.41 Å². The fourth-order valence-corrected chi connectivity index (χ4v) is 4.67. The highest BCUT2D eigenvalue weighted by atomic mass is 32.2. The van der Waals surface area contributed by atoms with E-state index < -0.39 is 0 Å². The number of H-pyrrole nitrogens is 1. The van der Waals surface area contributed by atoms with Gasteiger partial charge in [-0.2, -0.15) is 11.8 Å². The highest BCUT2D eigenvalue weighted by molar-refractivity contribution is 7.98. The molecular formula is C15H24N2S. The highest BCUT2D eigenvalue weighted by Gasteiger charge is 2.40. The Bertz CT molecular complexity index is 370. The van der Waals surface area contributed by atoms with Crippen LogP contribution in [0.3, 0.4) is 0 Å². The Hall–Kier alpha value is -0.410. The first-order valence-electron chi connectivity index (χ1n) is 7.19. The normalized spacial score (nSPS) is 27.3. The summed E-state index contributed by atoms with van der Waals surface area (Å²) >= 11 is 2.03. The molecule has 2 fully saturated rings. The Labute approximate surface area is 115 Å². The number of nitrogens with one attached hydrogen (secondary N) is 1. The molecule has 18 heavy (non-hydrogen) atoms. The summed E-state index contributed by atoms with van der Waals surface area (Å²) < 4.78 is 0. The van der Waals surface area contributed by atoms with Crippen LogP contribution in [0, 0.1) is 5.41 Å². The van der Waals surface area contributed by atoms with E-state index in [1.54, 1.807) is 0 Å². The first-order valence-corrected chi connectivity index (χ1v) is 8.59. The van der Waals surface area contributed by atoms with Crippen LogP contribution in [0.4, 0.5) is 0 Å². The molecule has 1 aliphatic heterocycles. The third-order valence-electron chi connectivity index (χ3n) is 4.75. The van der Waals surface area contributed by atoms with Crippen LogP contribution in [0.1, 0.15) is 43.8 Å². The van der Waals surface area contributed by atoms with E-state index in [2.05, 4.69) is 34.5 Å². The third-order valence-corrected chi connectivity index (χ3v) is 5.65. The summed E-state index contributed by atoms with van der Waals surface area (Å²) in [5, 5.41) is 0. The molecule has 0 spiro atoms. The van der Waals surface area contributed by atoms with Crippen molar-refractivity contribution in [3.63, 3.8) is 0 Å². The summed E-state index contributed by atoms with van der Waals surface area (Å²) in [6.45, 7) is 2.61. The van der Waals surface area contributed by atoms with E-state index in [1.807, 2.05) is 11.8 Å². The zero-order chi connectivity index (χ0) is 12.4. The maximum absolute atomic E-state index is 3.42.